The van der Waals surface area contributed by atoms with Gasteiger partial charge in [-0.25, -0.2) is 9.59 Å². The molecular weight excluding hydrogens is 426 g/mol. The van der Waals surface area contributed by atoms with Gasteiger partial charge in [0.2, 0.25) is 0 Å². The Labute approximate surface area is 189 Å². The lowest BCUT2D eigenvalue weighted by atomic mass is 9.91. The van der Waals surface area contributed by atoms with Gasteiger partial charge in [0.25, 0.3) is 0 Å². The number of esters is 1. The van der Waals surface area contributed by atoms with E-state index in [0.717, 1.165) is 10.9 Å². The van der Waals surface area contributed by atoms with E-state index < -0.39 is 23.2 Å². The molecule has 0 saturated carbocycles. The fourth-order valence-electron chi connectivity index (χ4n) is 3.39. The minimum atomic E-state index is -0.835. The lowest BCUT2D eigenvalue weighted by molar-refractivity contribution is -0.137. The van der Waals surface area contributed by atoms with Gasteiger partial charge in [-0.3, -0.25) is 4.79 Å². The predicted octanol–water partition coefficient (Wildman–Crippen LogP) is 4.04. The number of ether oxygens (including phenoxy) is 2. The molecule has 0 aliphatic carbocycles. The molecule has 0 N–H and O–H groups in total. The summed E-state index contributed by atoms with van der Waals surface area (Å²) in [4.78, 5) is 39.8. The molecule has 8 nitrogen and oxygen atoms in total. The summed E-state index contributed by atoms with van der Waals surface area (Å²) >= 11 is 0. The maximum absolute atomic E-state index is 12.2. The Balaban J connectivity index is 1.49. The number of hydrogen-bond donors (Lipinski definition) is 0. The van der Waals surface area contributed by atoms with Gasteiger partial charge in [0, 0.05) is 42.5 Å². The van der Waals surface area contributed by atoms with Crippen LogP contribution in [0.15, 0.2) is 69.0 Å². The van der Waals surface area contributed by atoms with Crippen LogP contribution >= 0.6 is 0 Å². The van der Waals surface area contributed by atoms with Crippen molar-refractivity contribution in [1.82, 2.24) is 0 Å². The fraction of sp³-hybridized carbons (Fsp3) is 0.200. The van der Waals surface area contributed by atoms with Crippen molar-refractivity contribution < 1.29 is 28.3 Å². The largest absolute Gasteiger partial charge is 0.481 e. The lowest BCUT2D eigenvalue weighted by Crippen LogP contribution is -2.43. The summed E-state index contributed by atoms with van der Waals surface area (Å²) in [7, 11) is 0. The van der Waals surface area contributed by atoms with Gasteiger partial charge >= 0.3 is 17.6 Å². The van der Waals surface area contributed by atoms with Crippen molar-refractivity contribution in [2.45, 2.75) is 32.8 Å². The Bertz CT molecular complexity index is 1360. The van der Waals surface area contributed by atoms with Gasteiger partial charge < -0.3 is 18.7 Å². The topological polar surface area (TPSA) is 104 Å². The minimum Gasteiger partial charge on any atom is -0.481 e. The molecule has 3 aromatic rings. The fourth-order valence-corrected chi connectivity index (χ4v) is 3.39. The molecule has 168 valence electrons. The average Bonchev–Trinajstić information content (AvgIpc) is 2.74. The normalized spacial score (nSPS) is 15.8. The van der Waals surface area contributed by atoms with Crippen molar-refractivity contribution in [3.63, 3.8) is 0 Å². The molecule has 2 aromatic carbocycles. The third-order valence-electron chi connectivity index (χ3n) is 5.00. The van der Waals surface area contributed by atoms with E-state index in [1.165, 1.54) is 25.1 Å². The number of oxime groups is 1. The van der Waals surface area contributed by atoms with E-state index in [0.29, 0.717) is 34.8 Å². The summed E-state index contributed by atoms with van der Waals surface area (Å²) in [6, 6.07) is 13.3. The molecule has 0 unspecified atom stereocenters. The molecule has 0 atom stereocenters. The van der Waals surface area contributed by atoms with Crippen LogP contribution < -0.4 is 15.1 Å². The number of fused-ring (bicyclic) bond motifs is 2. The van der Waals surface area contributed by atoms with Crippen LogP contribution in [0.5, 0.6) is 11.5 Å². The molecule has 4 rings (SSSR count). The monoisotopic (exact) mass is 447 g/mol. The smallest absolute Gasteiger partial charge is 0.358 e. The summed E-state index contributed by atoms with van der Waals surface area (Å²) in [5, 5.41) is 4.80. The summed E-state index contributed by atoms with van der Waals surface area (Å²) < 4.78 is 16.3. The SMILES string of the molecule is CC(=O)Oc1cccc(C=CC(=O)ON=C2Cc3cc4ccc(=O)oc4cc3OC2(C)C)c1. The Morgan fingerprint density at radius 3 is 2.73 bits per heavy atom. The van der Waals surface area contributed by atoms with Crippen molar-refractivity contribution in [2.75, 3.05) is 0 Å². The number of carbonyl (C=O) groups is 2. The van der Waals surface area contributed by atoms with Gasteiger partial charge in [0.1, 0.15) is 28.4 Å². The molecule has 0 spiro atoms. The molecule has 33 heavy (non-hydrogen) atoms. The van der Waals surface area contributed by atoms with E-state index in [9.17, 15) is 14.4 Å². The first-order chi connectivity index (χ1) is 15.7. The zero-order chi connectivity index (χ0) is 23.6. The minimum absolute atomic E-state index is 0.379. The van der Waals surface area contributed by atoms with Gasteiger partial charge in [0.15, 0.2) is 0 Å². The molecule has 0 amide bonds. The quantitative estimate of drug-likeness (QED) is 0.148. The van der Waals surface area contributed by atoms with Crippen LogP contribution in [0.1, 0.15) is 31.9 Å². The molecule has 0 bridgehead atoms. The summed E-state index contributed by atoms with van der Waals surface area (Å²) in [6.45, 7) is 4.93. The van der Waals surface area contributed by atoms with Crippen molar-refractivity contribution >= 4 is 34.7 Å². The Morgan fingerprint density at radius 2 is 1.94 bits per heavy atom. The Morgan fingerprint density at radius 1 is 1.12 bits per heavy atom. The van der Waals surface area contributed by atoms with Crippen molar-refractivity contribution in [2.24, 2.45) is 5.16 Å². The molecule has 1 aliphatic heterocycles. The Kier molecular flexibility index (Phi) is 5.83. The van der Waals surface area contributed by atoms with Crippen LogP contribution in [0.2, 0.25) is 0 Å². The first-order valence-electron chi connectivity index (χ1n) is 10.2. The molecule has 1 aromatic heterocycles. The lowest BCUT2D eigenvalue weighted by Gasteiger charge is -2.33. The Hall–Kier alpha value is -4.20. The molecule has 8 heteroatoms. The van der Waals surface area contributed by atoms with E-state index in [2.05, 4.69) is 5.16 Å². The number of benzene rings is 2. The zero-order valence-corrected chi connectivity index (χ0v) is 18.3. The van der Waals surface area contributed by atoms with Crippen LogP contribution in [-0.2, 0) is 20.8 Å². The number of carbonyl (C=O) groups excluding carboxylic acids is 2. The first kappa shape index (κ1) is 22.0. The maximum Gasteiger partial charge on any atom is 0.358 e. The number of hydrogen-bond acceptors (Lipinski definition) is 8. The van der Waals surface area contributed by atoms with Gasteiger partial charge in [-0.15, -0.1) is 0 Å². The van der Waals surface area contributed by atoms with E-state index >= 15 is 0 Å². The highest BCUT2D eigenvalue weighted by Crippen LogP contribution is 2.34. The van der Waals surface area contributed by atoms with E-state index in [1.54, 1.807) is 36.4 Å². The van der Waals surface area contributed by atoms with Crippen molar-refractivity contribution in [3.8, 4) is 11.5 Å². The van der Waals surface area contributed by atoms with Crippen LogP contribution in [0, 0.1) is 0 Å². The predicted molar refractivity (Wildman–Crippen MR) is 121 cm³/mol. The number of nitrogens with zero attached hydrogens (tertiary/aromatic N) is 1. The second-order valence-electron chi connectivity index (χ2n) is 7.99. The highest BCUT2D eigenvalue weighted by Gasteiger charge is 2.34. The highest BCUT2D eigenvalue weighted by molar-refractivity contribution is 5.97. The average molecular weight is 447 g/mol. The third kappa shape index (κ3) is 5.17. The van der Waals surface area contributed by atoms with Gasteiger partial charge in [0.05, 0.1) is 0 Å². The first-order valence-corrected chi connectivity index (χ1v) is 10.2. The van der Waals surface area contributed by atoms with Crippen molar-refractivity contribution in [3.05, 3.63) is 76.2 Å². The van der Waals surface area contributed by atoms with Crippen LogP contribution in [0.3, 0.4) is 0 Å². The van der Waals surface area contributed by atoms with Crippen LogP contribution in [0.25, 0.3) is 17.0 Å². The van der Waals surface area contributed by atoms with Gasteiger partial charge in [-0.2, -0.15) is 0 Å². The molecule has 0 radical (unpaired) electrons. The van der Waals surface area contributed by atoms with E-state index in [-0.39, 0.29) is 0 Å². The van der Waals surface area contributed by atoms with Crippen molar-refractivity contribution in [1.29, 1.82) is 0 Å². The standard InChI is InChI=1S/C25H21NO7/c1-15(27)30-19-6-4-5-16(11-19)7-9-24(29)33-26-22-13-18-12-17-8-10-23(28)31-20(17)14-21(18)32-25(22,2)3/h4-12,14H,13H2,1-3H3. The summed E-state index contributed by atoms with van der Waals surface area (Å²) in [6.07, 6.45) is 3.17. The molecule has 1 aliphatic rings. The molecule has 0 fully saturated rings. The second kappa shape index (κ2) is 8.74. The van der Waals surface area contributed by atoms with Gasteiger partial charge in [-0.1, -0.05) is 17.3 Å². The van der Waals surface area contributed by atoms with E-state index in [1.807, 2.05) is 19.9 Å². The van der Waals surface area contributed by atoms with Crippen LogP contribution in [-0.4, -0.2) is 23.3 Å². The van der Waals surface area contributed by atoms with E-state index in [4.69, 9.17) is 18.7 Å². The van der Waals surface area contributed by atoms with Gasteiger partial charge in [-0.05, 0) is 49.8 Å². The third-order valence-corrected chi connectivity index (χ3v) is 5.00. The molecule has 0 saturated heterocycles. The summed E-state index contributed by atoms with van der Waals surface area (Å²) in [5.74, 6) is -0.130. The second-order valence-corrected chi connectivity index (χ2v) is 7.99. The molecule has 2 heterocycles. The maximum atomic E-state index is 12.2. The highest BCUT2D eigenvalue weighted by atomic mass is 16.7. The summed E-state index contributed by atoms with van der Waals surface area (Å²) in [5.41, 5.74) is 1.20. The number of rotatable bonds is 4. The molecular formula is C25H21NO7. The van der Waals surface area contributed by atoms with Crippen LogP contribution in [0.4, 0.5) is 0 Å². The zero-order valence-electron chi connectivity index (χ0n) is 18.3.